The van der Waals surface area contributed by atoms with Crippen LogP contribution in [0, 0.1) is 0 Å². The number of nitrogens with zero attached hydrogens (tertiary/aromatic N) is 1. The van der Waals surface area contributed by atoms with Crippen molar-refractivity contribution in [2.45, 2.75) is 36.2 Å². The number of anilines is 2. The summed E-state index contributed by atoms with van der Waals surface area (Å²) < 4.78 is 5.20. The molecule has 22 heavy (non-hydrogen) atoms. The lowest BCUT2D eigenvalue weighted by atomic mass is 10.2. The lowest BCUT2D eigenvalue weighted by molar-refractivity contribution is 0.0635. The molecule has 1 amide bonds. The first-order valence-electron chi connectivity index (χ1n) is 6.81. The summed E-state index contributed by atoms with van der Waals surface area (Å²) in [5, 5.41) is 2.63. The predicted molar refractivity (Wildman–Crippen MR) is 89.1 cm³/mol. The largest absolute Gasteiger partial charge is 0.444 e. The second kappa shape index (κ2) is 6.70. The Morgan fingerprint density at radius 2 is 1.86 bits per heavy atom. The van der Waals surface area contributed by atoms with Gasteiger partial charge in [-0.25, -0.2) is 9.78 Å². The molecule has 5 nitrogen and oxygen atoms in total. The monoisotopic (exact) mass is 317 g/mol. The molecule has 0 saturated carbocycles. The van der Waals surface area contributed by atoms with E-state index >= 15 is 0 Å². The molecule has 0 atom stereocenters. The summed E-state index contributed by atoms with van der Waals surface area (Å²) in [5.41, 5.74) is 5.86. The number of carbonyl (C=O) groups excluding carboxylic acids is 1. The average molecular weight is 317 g/mol. The molecule has 116 valence electrons. The van der Waals surface area contributed by atoms with Gasteiger partial charge in [0.15, 0.2) is 0 Å². The fourth-order valence-corrected chi connectivity index (χ4v) is 2.47. The highest BCUT2D eigenvalue weighted by molar-refractivity contribution is 7.99. The maximum atomic E-state index is 11.7. The van der Waals surface area contributed by atoms with Crippen molar-refractivity contribution in [2.75, 3.05) is 11.1 Å². The summed E-state index contributed by atoms with van der Waals surface area (Å²) in [6, 6.07) is 11.3. The van der Waals surface area contributed by atoms with Gasteiger partial charge in [-0.15, -0.1) is 0 Å². The molecule has 0 aliphatic heterocycles. The normalized spacial score (nSPS) is 11.0. The lowest BCUT2D eigenvalue weighted by Crippen LogP contribution is -2.27. The van der Waals surface area contributed by atoms with E-state index in [1.54, 1.807) is 24.0 Å². The number of hydrogen-bond acceptors (Lipinski definition) is 5. The van der Waals surface area contributed by atoms with E-state index in [1.807, 2.05) is 51.1 Å². The molecule has 0 aliphatic carbocycles. The van der Waals surface area contributed by atoms with Gasteiger partial charge in [0.2, 0.25) is 0 Å². The van der Waals surface area contributed by atoms with Crippen LogP contribution in [0.15, 0.2) is 52.4 Å². The van der Waals surface area contributed by atoms with Gasteiger partial charge in [-0.1, -0.05) is 11.8 Å². The van der Waals surface area contributed by atoms with Crippen molar-refractivity contribution >= 4 is 29.4 Å². The zero-order chi connectivity index (χ0) is 16.2. The highest BCUT2D eigenvalue weighted by Crippen LogP contribution is 2.29. The molecule has 2 aromatic rings. The van der Waals surface area contributed by atoms with Crippen molar-refractivity contribution in [1.29, 1.82) is 0 Å². The number of amides is 1. The molecule has 1 aromatic carbocycles. The van der Waals surface area contributed by atoms with Crippen LogP contribution < -0.4 is 11.1 Å². The highest BCUT2D eigenvalue weighted by Gasteiger charge is 2.16. The molecule has 6 heteroatoms. The minimum atomic E-state index is -0.541. The van der Waals surface area contributed by atoms with E-state index in [1.165, 1.54) is 0 Å². The topological polar surface area (TPSA) is 77.2 Å². The van der Waals surface area contributed by atoms with Crippen molar-refractivity contribution in [3.8, 4) is 0 Å². The van der Waals surface area contributed by atoms with Gasteiger partial charge in [-0.05, 0) is 57.2 Å². The van der Waals surface area contributed by atoms with Gasteiger partial charge < -0.3 is 10.5 Å². The standard InChI is InChI=1S/C16H19N3O2S/c1-16(2,3)21-15(20)19-14-10-13(8-9-18-14)22-12-6-4-11(17)5-7-12/h4-10H,17H2,1-3H3,(H,18,19,20). The Balaban J connectivity index is 2.03. The number of nitrogen functional groups attached to an aromatic ring is 1. The molecular weight excluding hydrogens is 298 g/mol. The zero-order valence-electron chi connectivity index (χ0n) is 12.8. The lowest BCUT2D eigenvalue weighted by Gasteiger charge is -2.19. The van der Waals surface area contributed by atoms with Crippen LogP contribution in [0.4, 0.5) is 16.3 Å². The van der Waals surface area contributed by atoms with Gasteiger partial charge in [0.1, 0.15) is 11.4 Å². The van der Waals surface area contributed by atoms with E-state index in [9.17, 15) is 4.79 Å². The maximum absolute atomic E-state index is 11.7. The summed E-state index contributed by atoms with van der Waals surface area (Å²) in [5.74, 6) is 0.453. The Hall–Kier alpha value is -2.21. The fourth-order valence-electron chi connectivity index (χ4n) is 1.62. The van der Waals surface area contributed by atoms with Gasteiger partial charge >= 0.3 is 6.09 Å². The smallest absolute Gasteiger partial charge is 0.413 e. The number of ether oxygens (including phenoxy) is 1. The molecule has 0 radical (unpaired) electrons. The summed E-state index contributed by atoms with van der Waals surface area (Å²) in [6.07, 6.45) is 1.13. The zero-order valence-corrected chi connectivity index (χ0v) is 13.6. The van der Waals surface area contributed by atoms with Crippen LogP contribution in [0.25, 0.3) is 0 Å². The molecule has 1 heterocycles. The minimum Gasteiger partial charge on any atom is -0.444 e. The second-order valence-corrected chi connectivity index (χ2v) is 6.82. The van der Waals surface area contributed by atoms with Gasteiger partial charge in [0.05, 0.1) is 0 Å². The van der Waals surface area contributed by atoms with E-state index in [0.29, 0.717) is 5.82 Å². The van der Waals surface area contributed by atoms with Crippen molar-refractivity contribution in [3.63, 3.8) is 0 Å². The Bertz CT molecular complexity index is 651. The van der Waals surface area contributed by atoms with Crippen LogP contribution in [0.1, 0.15) is 20.8 Å². The molecule has 0 fully saturated rings. The summed E-state index contributed by atoms with van der Waals surface area (Å²) in [6.45, 7) is 5.44. The number of pyridine rings is 1. The SMILES string of the molecule is CC(C)(C)OC(=O)Nc1cc(Sc2ccc(N)cc2)ccn1. The van der Waals surface area contributed by atoms with Crippen molar-refractivity contribution < 1.29 is 9.53 Å². The number of aromatic nitrogens is 1. The predicted octanol–water partition coefficient (Wildman–Crippen LogP) is 4.16. The second-order valence-electron chi connectivity index (χ2n) is 5.67. The number of benzene rings is 1. The molecule has 0 aliphatic rings. The van der Waals surface area contributed by atoms with Crippen LogP contribution in [0.5, 0.6) is 0 Å². The van der Waals surface area contributed by atoms with Crippen LogP contribution in [0.2, 0.25) is 0 Å². The Morgan fingerprint density at radius 3 is 2.50 bits per heavy atom. The molecule has 3 N–H and O–H groups in total. The fraction of sp³-hybridized carbons (Fsp3) is 0.250. The molecular formula is C16H19N3O2S. The molecule has 0 bridgehead atoms. The first-order valence-corrected chi connectivity index (χ1v) is 7.63. The quantitative estimate of drug-likeness (QED) is 0.831. The van der Waals surface area contributed by atoms with Crippen LogP contribution in [0.3, 0.4) is 0 Å². The van der Waals surface area contributed by atoms with Crippen LogP contribution >= 0.6 is 11.8 Å². The molecule has 2 rings (SSSR count). The summed E-state index contributed by atoms with van der Waals surface area (Å²) in [7, 11) is 0. The Labute approximate surface area is 134 Å². The third kappa shape index (κ3) is 5.29. The minimum absolute atomic E-state index is 0.453. The van der Waals surface area contributed by atoms with E-state index < -0.39 is 11.7 Å². The number of carbonyl (C=O) groups is 1. The highest BCUT2D eigenvalue weighted by atomic mass is 32.2. The van der Waals surface area contributed by atoms with Crippen molar-refractivity contribution in [1.82, 2.24) is 4.98 Å². The van der Waals surface area contributed by atoms with E-state index in [-0.39, 0.29) is 0 Å². The van der Waals surface area contributed by atoms with Crippen LogP contribution in [-0.2, 0) is 4.74 Å². The van der Waals surface area contributed by atoms with Gasteiger partial charge in [-0.2, -0.15) is 0 Å². The number of rotatable bonds is 3. The van der Waals surface area contributed by atoms with Crippen LogP contribution in [-0.4, -0.2) is 16.7 Å². The van der Waals surface area contributed by atoms with Gasteiger partial charge in [0, 0.05) is 21.7 Å². The van der Waals surface area contributed by atoms with E-state index in [2.05, 4.69) is 10.3 Å². The number of hydrogen-bond donors (Lipinski definition) is 2. The van der Waals surface area contributed by atoms with E-state index in [0.717, 1.165) is 15.5 Å². The summed E-state index contributed by atoms with van der Waals surface area (Å²) in [4.78, 5) is 17.9. The average Bonchev–Trinajstić information content (AvgIpc) is 2.39. The van der Waals surface area contributed by atoms with E-state index in [4.69, 9.17) is 10.5 Å². The Morgan fingerprint density at radius 1 is 1.18 bits per heavy atom. The van der Waals surface area contributed by atoms with Crippen molar-refractivity contribution in [3.05, 3.63) is 42.6 Å². The Kier molecular flexibility index (Phi) is 4.92. The van der Waals surface area contributed by atoms with Crippen molar-refractivity contribution in [2.24, 2.45) is 0 Å². The first-order chi connectivity index (χ1) is 10.3. The molecule has 0 spiro atoms. The first kappa shape index (κ1) is 16.2. The number of nitrogens with one attached hydrogen (secondary N) is 1. The molecule has 1 aromatic heterocycles. The third-order valence-electron chi connectivity index (χ3n) is 2.48. The number of nitrogens with two attached hydrogens (primary N) is 1. The van der Waals surface area contributed by atoms with Gasteiger partial charge in [0.25, 0.3) is 0 Å². The third-order valence-corrected chi connectivity index (χ3v) is 3.47. The summed E-state index contributed by atoms with van der Waals surface area (Å²) >= 11 is 1.56. The molecule has 0 unspecified atom stereocenters. The maximum Gasteiger partial charge on any atom is 0.413 e. The molecule has 0 saturated heterocycles. The van der Waals surface area contributed by atoms with Gasteiger partial charge in [-0.3, -0.25) is 5.32 Å².